The predicted octanol–water partition coefficient (Wildman–Crippen LogP) is 7.64. The lowest BCUT2D eigenvalue weighted by Gasteiger charge is -2.19. The summed E-state index contributed by atoms with van der Waals surface area (Å²) in [4.78, 5) is 16.6. The molecule has 4 rings (SSSR count). The Balaban J connectivity index is 1.53. The van der Waals surface area contributed by atoms with Crippen molar-refractivity contribution in [1.29, 1.82) is 0 Å². The van der Waals surface area contributed by atoms with Crippen molar-refractivity contribution in [2.75, 3.05) is 13.2 Å². The number of halogens is 3. The van der Waals surface area contributed by atoms with Crippen LogP contribution in [-0.2, 0) is 16.1 Å². The van der Waals surface area contributed by atoms with Gasteiger partial charge < -0.3 is 18.8 Å². The summed E-state index contributed by atoms with van der Waals surface area (Å²) < 4.78 is 55.3. The highest BCUT2D eigenvalue weighted by Gasteiger charge is 2.31. The van der Waals surface area contributed by atoms with Crippen molar-refractivity contribution in [3.8, 4) is 22.9 Å². The summed E-state index contributed by atoms with van der Waals surface area (Å²) in [5.41, 5.74) is 3.27. The molecule has 40 heavy (non-hydrogen) atoms. The SMILES string of the molecule is CCOC(=O)CC(C)CC(C)COc1ccccc1Cn1c(-c2ccc(OC(F)(F)F)cc2)nc2ccccc21. The molecule has 2 unspecified atom stereocenters. The monoisotopic (exact) mass is 554 g/mol. The number of aromatic nitrogens is 2. The van der Waals surface area contributed by atoms with E-state index >= 15 is 0 Å². The maximum atomic E-state index is 12.6. The molecule has 0 amide bonds. The Morgan fingerprint density at radius 2 is 1.65 bits per heavy atom. The number of carbonyl (C=O) groups is 1. The molecular formula is C31H33F3N2O4. The lowest BCUT2D eigenvalue weighted by molar-refractivity contribution is -0.274. The van der Waals surface area contributed by atoms with Crippen LogP contribution in [0.25, 0.3) is 22.4 Å². The standard InChI is InChI=1S/C31H33F3N2O4/c1-4-38-29(37)18-21(2)17-22(3)20-39-28-12-8-5-9-24(28)19-36-27-11-7-6-10-26(27)35-30(36)23-13-15-25(16-14-23)40-31(32,33)34/h5-16,21-22H,4,17-20H2,1-3H3. The van der Waals surface area contributed by atoms with Crippen LogP contribution in [0.4, 0.5) is 13.2 Å². The summed E-state index contributed by atoms with van der Waals surface area (Å²) in [6.07, 6.45) is -3.55. The number of nitrogens with zero attached hydrogens (tertiary/aromatic N) is 2. The van der Waals surface area contributed by atoms with Crippen LogP contribution in [0.5, 0.6) is 11.5 Å². The number of rotatable bonds is 12. The lowest BCUT2D eigenvalue weighted by Crippen LogP contribution is -2.17. The average Bonchev–Trinajstić information content (AvgIpc) is 3.26. The number of ether oxygens (including phenoxy) is 3. The van der Waals surface area contributed by atoms with Gasteiger partial charge >= 0.3 is 12.3 Å². The fourth-order valence-electron chi connectivity index (χ4n) is 4.78. The van der Waals surface area contributed by atoms with Crippen molar-refractivity contribution in [3.63, 3.8) is 0 Å². The minimum Gasteiger partial charge on any atom is -0.493 e. The van der Waals surface area contributed by atoms with Gasteiger partial charge in [0, 0.05) is 17.5 Å². The average molecular weight is 555 g/mol. The zero-order valence-electron chi connectivity index (χ0n) is 22.8. The van der Waals surface area contributed by atoms with E-state index < -0.39 is 6.36 Å². The first-order chi connectivity index (χ1) is 19.1. The van der Waals surface area contributed by atoms with Crippen LogP contribution in [0, 0.1) is 11.8 Å². The number of benzene rings is 3. The fourth-order valence-corrected chi connectivity index (χ4v) is 4.78. The van der Waals surface area contributed by atoms with Gasteiger partial charge in [-0.15, -0.1) is 13.2 Å². The second kappa shape index (κ2) is 12.9. The van der Waals surface area contributed by atoms with E-state index in [1.165, 1.54) is 12.1 Å². The molecule has 4 aromatic rings. The van der Waals surface area contributed by atoms with Crippen molar-refractivity contribution in [2.45, 2.75) is 46.5 Å². The molecule has 0 aliphatic carbocycles. The highest BCUT2D eigenvalue weighted by molar-refractivity contribution is 5.81. The van der Waals surface area contributed by atoms with Gasteiger partial charge in [0.05, 0.1) is 30.8 Å². The fraction of sp³-hybridized carbons (Fsp3) is 0.355. The maximum absolute atomic E-state index is 12.6. The molecule has 0 saturated carbocycles. The van der Waals surface area contributed by atoms with Crippen molar-refractivity contribution in [3.05, 3.63) is 78.4 Å². The second-order valence-electron chi connectivity index (χ2n) is 9.96. The quantitative estimate of drug-likeness (QED) is 0.168. The Morgan fingerprint density at radius 3 is 2.38 bits per heavy atom. The molecule has 0 saturated heterocycles. The first kappa shape index (κ1) is 29.0. The summed E-state index contributed by atoms with van der Waals surface area (Å²) >= 11 is 0. The van der Waals surface area contributed by atoms with Gasteiger partial charge in [-0.05, 0) is 67.6 Å². The van der Waals surface area contributed by atoms with Gasteiger partial charge in [0.1, 0.15) is 17.3 Å². The Morgan fingerprint density at radius 1 is 0.950 bits per heavy atom. The Hall–Kier alpha value is -4.01. The first-order valence-electron chi connectivity index (χ1n) is 13.3. The molecule has 0 fully saturated rings. The van der Waals surface area contributed by atoms with Crippen molar-refractivity contribution >= 4 is 17.0 Å². The molecule has 9 heteroatoms. The van der Waals surface area contributed by atoms with Crippen molar-refractivity contribution in [1.82, 2.24) is 9.55 Å². The molecule has 0 aliphatic heterocycles. The highest BCUT2D eigenvalue weighted by atomic mass is 19.4. The Bertz CT molecular complexity index is 1420. The highest BCUT2D eigenvalue weighted by Crippen LogP contribution is 2.31. The van der Waals surface area contributed by atoms with Gasteiger partial charge in [0.2, 0.25) is 0 Å². The molecule has 3 aromatic carbocycles. The second-order valence-corrected chi connectivity index (χ2v) is 9.96. The Labute approximate surface area is 231 Å². The molecule has 1 aromatic heterocycles. The summed E-state index contributed by atoms with van der Waals surface area (Å²) in [5, 5.41) is 0. The molecule has 0 aliphatic rings. The molecule has 0 bridgehead atoms. The van der Waals surface area contributed by atoms with Crippen LogP contribution in [0.1, 0.15) is 39.2 Å². The molecular weight excluding hydrogens is 521 g/mol. The minimum atomic E-state index is -4.76. The van der Waals surface area contributed by atoms with Gasteiger partial charge in [-0.25, -0.2) is 4.98 Å². The topological polar surface area (TPSA) is 62.6 Å². The third-order valence-electron chi connectivity index (χ3n) is 6.45. The van der Waals surface area contributed by atoms with Crippen LogP contribution in [-0.4, -0.2) is 35.1 Å². The summed E-state index contributed by atoms with van der Waals surface area (Å²) in [7, 11) is 0. The lowest BCUT2D eigenvalue weighted by atomic mass is 9.95. The molecule has 0 radical (unpaired) electrons. The van der Waals surface area contributed by atoms with Gasteiger partial charge in [0.25, 0.3) is 0 Å². The van der Waals surface area contributed by atoms with Crippen LogP contribution in [0.2, 0.25) is 0 Å². The molecule has 0 spiro atoms. The number of hydrogen-bond donors (Lipinski definition) is 0. The zero-order valence-corrected chi connectivity index (χ0v) is 22.8. The number of carbonyl (C=O) groups excluding carboxylic acids is 1. The summed E-state index contributed by atoms with van der Waals surface area (Å²) in [5.74, 6) is 1.30. The number of hydrogen-bond acceptors (Lipinski definition) is 5. The van der Waals surface area contributed by atoms with E-state index in [1.807, 2.05) is 60.0 Å². The minimum absolute atomic E-state index is 0.181. The van der Waals surface area contributed by atoms with E-state index in [4.69, 9.17) is 14.5 Å². The smallest absolute Gasteiger partial charge is 0.493 e. The largest absolute Gasteiger partial charge is 0.573 e. The van der Waals surface area contributed by atoms with Gasteiger partial charge in [-0.2, -0.15) is 0 Å². The molecule has 212 valence electrons. The first-order valence-corrected chi connectivity index (χ1v) is 13.3. The van der Waals surface area contributed by atoms with E-state index in [1.54, 1.807) is 19.1 Å². The molecule has 2 atom stereocenters. The van der Waals surface area contributed by atoms with Crippen LogP contribution in [0.3, 0.4) is 0 Å². The van der Waals surface area contributed by atoms with Crippen molar-refractivity contribution < 1.29 is 32.2 Å². The number of fused-ring (bicyclic) bond motifs is 1. The third-order valence-corrected chi connectivity index (χ3v) is 6.45. The van der Waals surface area contributed by atoms with Crippen LogP contribution >= 0.6 is 0 Å². The Kier molecular flexibility index (Phi) is 9.34. The molecule has 6 nitrogen and oxygen atoms in total. The number of alkyl halides is 3. The maximum Gasteiger partial charge on any atom is 0.573 e. The van der Waals surface area contributed by atoms with Crippen LogP contribution in [0.15, 0.2) is 72.8 Å². The van der Waals surface area contributed by atoms with Gasteiger partial charge in [-0.1, -0.05) is 44.2 Å². The van der Waals surface area contributed by atoms with Gasteiger partial charge in [0.15, 0.2) is 0 Å². The van der Waals surface area contributed by atoms with E-state index in [0.717, 1.165) is 28.8 Å². The van der Waals surface area contributed by atoms with Gasteiger partial charge in [-0.3, -0.25) is 4.79 Å². The van der Waals surface area contributed by atoms with Crippen molar-refractivity contribution in [2.24, 2.45) is 11.8 Å². The number of para-hydroxylation sites is 3. The van der Waals surface area contributed by atoms with E-state index in [-0.39, 0.29) is 23.6 Å². The zero-order chi connectivity index (χ0) is 28.7. The normalized spacial score (nSPS) is 13.2. The summed E-state index contributed by atoms with van der Waals surface area (Å²) in [6.45, 7) is 7.25. The van der Waals surface area contributed by atoms with E-state index in [9.17, 15) is 18.0 Å². The van der Waals surface area contributed by atoms with Crippen LogP contribution < -0.4 is 9.47 Å². The van der Waals surface area contributed by atoms with E-state index in [0.29, 0.717) is 37.6 Å². The molecule has 0 N–H and O–H groups in total. The number of imidazole rings is 1. The van der Waals surface area contributed by atoms with E-state index in [2.05, 4.69) is 11.7 Å². The third kappa shape index (κ3) is 7.77. The predicted molar refractivity (Wildman–Crippen MR) is 147 cm³/mol. The molecule has 1 heterocycles. The summed E-state index contributed by atoms with van der Waals surface area (Å²) in [6, 6.07) is 21.2. The number of esters is 1.